The Balaban J connectivity index is 2.29. The molecule has 0 spiro atoms. The van der Waals surface area contributed by atoms with Crippen molar-refractivity contribution in [1.29, 1.82) is 0 Å². The minimum absolute atomic E-state index is 0.246. The van der Waals surface area contributed by atoms with E-state index in [0.29, 0.717) is 11.3 Å². The van der Waals surface area contributed by atoms with Gasteiger partial charge in [-0.05, 0) is 19.1 Å². The van der Waals surface area contributed by atoms with Crippen molar-refractivity contribution in [3.63, 3.8) is 0 Å². The monoisotopic (exact) mass is 205 g/mol. The molecule has 0 unspecified atom stereocenters. The minimum Gasteiger partial charge on any atom is -0.313 e. The molecule has 0 aromatic heterocycles. The molecule has 1 aliphatic rings. The van der Waals surface area contributed by atoms with Crippen LogP contribution < -0.4 is 5.32 Å². The number of hydrogen-bond donors (Lipinski definition) is 1. The Kier molecular flexibility index (Phi) is 5.10. The third kappa shape index (κ3) is 3.47. The average molecular weight is 205 g/mol. The summed E-state index contributed by atoms with van der Waals surface area (Å²) >= 11 is 1.96. The molecule has 0 amide bonds. The normalized spacial score (nSPS) is 21.7. The summed E-state index contributed by atoms with van der Waals surface area (Å²) in [5.41, 5.74) is 0. The summed E-state index contributed by atoms with van der Waals surface area (Å²) in [6.07, 6.45) is 8.85. The largest absolute Gasteiger partial charge is 0.313 e. The lowest BCUT2D eigenvalue weighted by atomic mass is 9.88. The van der Waals surface area contributed by atoms with Crippen molar-refractivity contribution >= 4 is 11.8 Å². The van der Waals surface area contributed by atoms with Crippen LogP contribution in [0.15, 0.2) is 0 Å². The zero-order valence-corrected chi connectivity index (χ0v) is 9.26. The molecule has 0 atom stereocenters. The molecule has 0 bridgehead atoms. The van der Waals surface area contributed by atoms with Gasteiger partial charge < -0.3 is 5.32 Å². The number of alkyl halides is 1. The van der Waals surface area contributed by atoms with Crippen molar-refractivity contribution in [2.75, 3.05) is 26.0 Å². The fourth-order valence-electron chi connectivity index (χ4n) is 2.03. The van der Waals surface area contributed by atoms with Gasteiger partial charge in [-0.15, -0.1) is 0 Å². The topological polar surface area (TPSA) is 12.0 Å². The van der Waals surface area contributed by atoms with Crippen LogP contribution >= 0.6 is 11.8 Å². The molecular weight excluding hydrogens is 185 g/mol. The van der Waals surface area contributed by atoms with E-state index in [2.05, 4.69) is 11.6 Å². The van der Waals surface area contributed by atoms with E-state index in [1.54, 1.807) is 0 Å². The lowest BCUT2D eigenvalue weighted by Gasteiger charge is -2.35. The zero-order chi connectivity index (χ0) is 9.57. The van der Waals surface area contributed by atoms with E-state index in [4.69, 9.17) is 0 Å². The minimum atomic E-state index is -0.246. The summed E-state index contributed by atoms with van der Waals surface area (Å²) in [4.78, 5) is 0. The molecule has 3 heteroatoms. The number of halogens is 1. The quantitative estimate of drug-likeness (QED) is 0.692. The Hall–Kier alpha value is 0.240. The molecule has 1 aliphatic carbocycles. The maximum atomic E-state index is 11.9. The molecule has 13 heavy (non-hydrogen) atoms. The van der Waals surface area contributed by atoms with Gasteiger partial charge in [-0.2, -0.15) is 11.8 Å². The standard InChI is InChI=1S/C10H20FNS/c1-13-10(9-12-8-7-11)5-3-2-4-6-10/h12H,2-9H2,1H3. The van der Waals surface area contributed by atoms with Gasteiger partial charge in [0.15, 0.2) is 0 Å². The fourth-order valence-corrected chi connectivity index (χ4v) is 2.98. The molecule has 0 aromatic carbocycles. The molecular formula is C10H20FNS. The van der Waals surface area contributed by atoms with Gasteiger partial charge in [-0.25, -0.2) is 4.39 Å². The molecule has 1 N–H and O–H groups in total. The summed E-state index contributed by atoms with van der Waals surface area (Å²) in [5.74, 6) is 0. The van der Waals surface area contributed by atoms with Gasteiger partial charge in [0, 0.05) is 17.8 Å². The highest BCUT2D eigenvalue weighted by atomic mass is 32.2. The SMILES string of the molecule is CSC1(CNCCF)CCCCC1. The number of thioether (sulfide) groups is 1. The van der Waals surface area contributed by atoms with E-state index in [1.165, 1.54) is 32.1 Å². The smallest absolute Gasteiger partial charge is 0.102 e. The summed E-state index contributed by atoms with van der Waals surface area (Å²) < 4.78 is 12.3. The first kappa shape index (κ1) is 11.3. The van der Waals surface area contributed by atoms with Crippen LogP contribution in [0.2, 0.25) is 0 Å². The number of nitrogens with one attached hydrogen (secondary N) is 1. The van der Waals surface area contributed by atoms with Crippen LogP contribution in [0.4, 0.5) is 4.39 Å². The lowest BCUT2D eigenvalue weighted by Crippen LogP contribution is -2.39. The molecule has 1 fully saturated rings. The van der Waals surface area contributed by atoms with Gasteiger partial charge >= 0.3 is 0 Å². The second-order valence-corrected chi connectivity index (χ2v) is 5.09. The Morgan fingerprint density at radius 2 is 2.00 bits per heavy atom. The van der Waals surface area contributed by atoms with Crippen molar-refractivity contribution in [2.45, 2.75) is 36.9 Å². The summed E-state index contributed by atoms with van der Waals surface area (Å²) in [5, 5.41) is 3.20. The van der Waals surface area contributed by atoms with Crippen molar-refractivity contribution in [3.8, 4) is 0 Å². The third-order valence-corrected chi connectivity index (χ3v) is 4.33. The highest BCUT2D eigenvalue weighted by molar-refractivity contribution is 8.00. The first-order valence-electron chi connectivity index (χ1n) is 5.15. The van der Waals surface area contributed by atoms with Crippen molar-refractivity contribution in [3.05, 3.63) is 0 Å². The molecule has 0 aromatic rings. The van der Waals surface area contributed by atoms with Crippen molar-refractivity contribution in [2.24, 2.45) is 0 Å². The maximum absolute atomic E-state index is 11.9. The maximum Gasteiger partial charge on any atom is 0.102 e. The van der Waals surface area contributed by atoms with E-state index in [0.717, 1.165) is 6.54 Å². The van der Waals surface area contributed by atoms with Crippen LogP contribution in [0.3, 0.4) is 0 Å². The molecule has 0 heterocycles. The van der Waals surface area contributed by atoms with Crippen molar-refractivity contribution < 1.29 is 4.39 Å². The predicted molar refractivity (Wildman–Crippen MR) is 58.2 cm³/mol. The highest BCUT2D eigenvalue weighted by Gasteiger charge is 2.30. The Morgan fingerprint density at radius 3 is 2.54 bits per heavy atom. The Bertz CT molecular complexity index is 135. The van der Waals surface area contributed by atoms with Crippen LogP contribution in [0.1, 0.15) is 32.1 Å². The Labute approximate surface area is 84.9 Å². The highest BCUT2D eigenvalue weighted by Crippen LogP contribution is 2.37. The molecule has 0 radical (unpaired) electrons. The first-order chi connectivity index (χ1) is 6.33. The van der Waals surface area contributed by atoms with Crippen LogP contribution in [0, 0.1) is 0 Å². The molecule has 0 saturated heterocycles. The summed E-state index contributed by atoms with van der Waals surface area (Å²) in [6, 6.07) is 0. The fraction of sp³-hybridized carbons (Fsp3) is 1.00. The van der Waals surface area contributed by atoms with E-state index in [-0.39, 0.29) is 6.67 Å². The summed E-state index contributed by atoms with van der Waals surface area (Å²) in [6.45, 7) is 1.25. The zero-order valence-electron chi connectivity index (χ0n) is 8.44. The number of hydrogen-bond acceptors (Lipinski definition) is 2. The van der Waals surface area contributed by atoms with Crippen LogP contribution in [0.5, 0.6) is 0 Å². The van der Waals surface area contributed by atoms with Crippen LogP contribution in [-0.4, -0.2) is 30.8 Å². The molecule has 1 nitrogen and oxygen atoms in total. The average Bonchev–Trinajstić information content (AvgIpc) is 2.20. The predicted octanol–water partition coefficient (Wildman–Crippen LogP) is 2.61. The van der Waals surface area contributed by atoms with Gasteiger partial charge in [0.1, 0.15) is 6.67 Å². The molecule has 1 rings (SSSR count). The van der Waals surface area contributed by atoms with Crippen molar-refractivity contribution in [1.82, 2.24) is 5.32 Å². The number of rotatable bonds is 5. The van der Waals surface area contributed by atoms with E-state index in [1.807, 2.05) is 11.8 Å². The molecule has 78 valence electrons. The van der Waals surface area contributed by atoms with Gasteiger partial charge in [-0.3, -0.25) is 0 Å². The molecule has 1 saturated carbocycles. The van der Waals surface area contributed by atoms with Gasteiger partial charge in [0.2, 0.25) is 0 Å². The Morgan fingerprint density at radius 1 is 1.31 bits per heavy atom. The summed E-state index contributed by atoms with van der Waals surface area (Å²) in [7, 11) is 0. The van der Waals surface area contributed by atoms with Crippen LogP contribution in [-0.2, 0) is 0 Å². The van der Waals surface area contributed by atoms with Gasteiger partial charge in [-0.1, -0.05) is 19.3 Å². The van der Waals surface area contributed by atoms with E-state index < -0.39 is 0 Å². The van der Waals surface area contributed by atoms with Crippen LogP contribution in [0.25, 0.3) is 0 Å². The van der Waals surface area contributed by atoms with E-state index in [9.17, 15) is 4.39 Å². The second kappa shape index (κ2) is 5.86. The molecule has 0 aliphatic heterocycles. The van der Waals surface area contributed by atoms with Gasteiger partial charge in [0.05, 0.1) is 0 Å². The third-order valence-electron chi connectivity index (χ3n) is 2.92. The van der Waals surface area contributed by atoms with E-state index >= 15 is 0 Å². The second-order valence-electron chi connectivity index (χ2n) is 3.81. The van der Waals surface area contributed by atoms with Gasteiger partial charge in [0.25, 0.3) is 0 Å². The lowest BCUT2D eigenvalue weighted by molar-refractivity contribution is 0.369. The first-order valence-corrected chi connectivity index (χ1v) is 6.37.